The Kier molecular flexibility index (Phi) is 8.30. The topological polar surface area (TPSA) is 88.7 Å². The molecule has 0 aliphatic rings. The van der Waals surface area contributed by atoms with Crippen LogP contribution < -0.4 is 20.7 Å². The molecule has 0 saturated heterocycles. The quantitative estimate of drug-likeness (QED) is 0.355. The summed E-state index contributed by atoms with van der Waals surface area (Å²) in [5.74, 6) is -0.133. The lowest BCUT2D eigenvalue weighted by Gasteiger charge is -2.13. The minimum absolute atomic E-state index is 0.141. The Morgan fingerprint density at radius 1 is 0.781 bits per heavy atom. The first-order valence-corrected chi connectivity index (χ1v) is 10.3. The number of amides is 2. The third-order valence-electron chi connectivity index (χ3n) is 4.34. The minimum Gasteiger partial charge on any atom is -0.490 e. The van der Waals surface area contributed by atoms with Crippen LogP contribution >= 0.6 is 12.2 Å². The average Bonchev–Trinajstić information content (AvgIpc) is 2.81. The van der Waals surface area contributed by atoms with Gasteiger partial charge in [-0.1, -0.05) is 30.3 Å². The van der Waals surface area contributed by atoms with E-state index >= 15 is 0 Å². The van der Waals surface area contributed by atoms with E-state index in [-0.39, 0.29) is 16.9 Å². The van der Waals surface area contributed by atoms with E-state index in [0.29, 0.717) is 41.5 Å². The van der Waals surface area contributed by atoms with Crippen LogP contribution in [0.25, 0.3) is 0 Å². The average molecular weight is 450 g/mol. The lowest BCUT2D eigenvalue weighted by Crippen LogP contribution is -2.34. The number of methoxy groups -OCH3 is 1. The molecule has 0 aliphatic heterocycles. The smallest absolute Gasteiger partial charge is 0.261 e. The van der Waals surface area contributed by atoms with Crippen molar-refractivity contribution in [2.45, 2.75) is 0 Å². The van der Waals surface area contributed by atoms with Crippen molar-refractivity contribution in [3.8, 4) is 5.75 Å². The second-order valence-corrected chi connectivity index (χ2v) is 7.05. The van der Waals surface area contributed by atoms with Gasteiger partial charge in [-0.25, -0.2) is 0 Å². The van der Waals surface area contributed by atoms with E-state index in [0.717, 1.165) is 0 Å². The first-order chi connectivity index (χ1) is 15.6. The molecule has 0 fully saturated rings. The molecule has 8 heteroatoms. The van der Waals surface area contributed by atoms with Gasteiger partial charge in [-0.15, -0.1) is 0 Å². The summed E-state index contributed by atoms with van der Waals surface area (Å²) in [5.41, 5.74) is 2.25. The molecule has 164 valence electrons. The zero-order chi connectivity index (χ0) is 22.8. The Hall–Kier alpha value is -3.75. The van der Waals surface area contributed by atoms with E-state index < -0.39 is 0 Å². The maximum absolute atomic E-state index is 12.6. The Labute approximate surface area is 191 Å². The number of anilines is 2. The maximum Gasteiger partial charge on any atom is 0.261 e. The lowest BCUT2D eigenvalue weighted by atomic mass is 10.2. The van der Waals surface area contributed by atoms with E-state index in [4.69, 9.17) is 21.7 Å². The Balaban J connectivity index is 1.55. The first-order valence-electron chi connectivity index (χ1n) is 9.86. The summed E-state index contributed by atoms with van der Waals surface area (Å²) in [6.07, 6.45) is 0. The molecule has 0 saturated carbocycles. The molecule has 0 aliphatic carbocycles. The lowest BCUT2D eigenvalue weighted by molar-refractivity contribution is 0.0968. The molecule has 0 radical (unpaired) electrons. The predicted molar refractivity (Wildman–Crippen MR) is 128 cm³/mol. The van der Waals surface area contributed by atoms with Crippen molar-refractivity contribution < 1.29 is 19.1 Å². The molecule has 3 N–H and O–H groups in total. The maximum atomic E-state index is 12.6. The van der Waals surface area contributed by atoms with E-state index in [1.165, 1.54) is 0 Å². The molecule has 3 rings (SSSR count). The highest BCUT2D eigenvalue weighted by molar-refractivity contribution is 7.80. The van der Waals surface area contributed by atoms with Gasteiger partial charge in [0.1, 0.15) is 12.4 Å². The van der Waals surface area contributed by atoms with E-state index in [1.54, 1.807) is 79.9 Å². The van der Waals surface area contributed by atoms with E-state index in [2.05, 4.69) is 16.0 Å². The van der Waals surface area contributed by atoms with E-state index in [9.17, 15) is 9.59 Å². The van der Waals surface area contributed by atoms with Crippen LogP contribution in [0.5, 0.6) is 5.75 Å². The van der Waals surface area contributed by atoms with Gasteiger partial charge in [0.2, 0.25) is 0 Å². The largest absolute Gasteiger partial charge is 0.490 e. The fourth-order valence-electron chi connectivity index (χ4n) is 2.78. The van der Waals surface area contributed by atoms with Gasteiger partial charge >= 0.3 is 0 Å². The van der Waals surface area contributed by atoms with Gasteiger partial charge in [0, 0.05) is 24.0 Å². The molecule has 0 heterocycles. The summed E-state index contributed by atoms with van der Waals surface area (Å²) < 4.78 is 10.6. The second kappa shape index (κ2) is 11.6. The number of thiocarbonyl (C=S) groups is 1. The summed E-state index contributed by atoms with van der Waals surface area (Å²) in [7, 11) is 1.58. The molecular formula is C24H23N3O4S. The first kappa shape index (κ1) is 22.9. The molecule has 2 amide bonds. The van der Waals surface area contributed by atoms with Crippen LogP contribution in [0.3, 0.4) is 0 Å². The number of carbonyl (C=O) groups excluding carboxylic acids is 2. The number of benzene rings is 3. The van der Waals surface area contributed by atoms with Crippen LogP contribution in [0.15, 0.2) is 78.9 Å². The number of nitrogens with one attached hydrogen (secondary N) is 3. The summed E-state index contributed by atoms with van der Waals surface area (Å²) in [6.45, 7) is 0.744. The van der Waals surface area contributed by atoms with Crippen molar-refractivity contribution in [1.82, 2.24) is 5.32 Å². The zero-order valence-corrected chi connectivity index (χ0v) is 18.3. The Morgan fingerprint density at radius 3 is 2.09 bits per heavy atom. The minimum atomic E-state index is -0.387. The zero-order valence-electron chi connectivity index (χ0n) is 17.5. The number of para-hydroxylation sites is 1. The number of hydrogen-bond donors (Lipinski definition) is 3. The second-order valence-electron chi connectivity index (χ2n) is 6.64. The molecule has 3 aromatic rings. The molecule has 0 aromatic heterocycles. The number of rotatable bonds is 8. The van der Waals surface area contributed by atoms with Crippen LogP contribution in [0.2, 0.25) is 0 Å². The summed E-state index contributed by atoms with van der Waals surface area (Å²) in [4.78, 5) is 24.8. The third-order valence-corrected chi connectivity index (χ3v) is 4.54. The summed E-state index contributed by atoms with van der Waals surface area (Å²) >= 11 is 5.25. The van der Waals surface area contributed by atoms with Crippen LogP contribution in [0, 0.1) is 0 Å². The normalized spacial score (nSPS) is 10.2. The standard InChI is InChI=1S/C24H23N3O4S/c1-30-15-16-31-21-10-6-5-9-20(21)23(29)27-24(32)26-19-13-11-18(12-14-19)25-22(28)17-7-3-2-4-8-17/h2-14H,15-16H2,1H3,(H,25,28)(H2,26,27,29,32). The van der Waals surface area contributed by atoms with Gasteiger partial charge in [-0.05, 0) is 60.7 Å². The van der Waals surface area contributed by atoms with Crippen molar-refractivity contribution in [3.63, 3.8) is 0 Å². The van der Waals surface area contributed by atoms with Gasteiger partial charge in [0.05, 0.1) is 12.2 Å². The number of carbonyl (C=O) groups is 2. The highest BCUT2D eigenvalue weighted by atomic mass is 32.1. The fourth-order valence-corrected chi connectivity index (χ4v) is 2.99. The predicted octanol–water partition coefficient (Wildman–Crippen LogP) is 4.09. The summed E-state index contributed by atoms with van der Waals surface area (Å²) in [6, 6.07) is 22.8. The van der Waals surface area contributed by atoms with E-state index in [1.807, 2.05) is 6.07 Å². The van der Waals surface area contributed by atoms with Crippen molar-refractivity contribution in [1.29, 1.82) is 0 Å². The van der Waals surface area contributed by atoms with Gasteiger partial charge in [-0.2, -0.15) is 0 Å². The molecule has 0 atom stereocenters. The van der Waals surface area contributed by atoms with Crippen molar-refractivity contribution in [2.75, 3.05) is 31.0 Å². The van der Waals surface area contributed by atoms with Crippen LogP contribution in [0.4, 0.5) is 11.4 Å². The van der Waals surface area contributed by atoms with Gasteiger partial charge < -0.3 is 20.1 Å². The molecule has 0 bridgehead atoms. The van der Waals surface area contributed by atoms with Gasteiger partial charge in [0.25, 0.3) is 11.8 Å². The molecule has 32 heavy (non-hydrogen) atoms. The Bertz CT molecular complexity index is 1070. The van der Waals surface area contributed by atoms with Crippen LogP contribution in [0.1, 0.15) is 20.7 Å². The van der Waals surface area contributed by atoms with Gasteiger partial charge in [-0.3, -0.25) is 14.9 Å². The third kappa shape index (κ3) is 6.63. The van der Waals surface area contributed by atoms with Crippen LogP contribution in [-0.4, -0.2) is 37.3 Å². The number of hydrogen-bond acceptors (Lipinski definition) is 5. The molecule has 3 aromatic carbocycles. The molecule has 0 spiro atoms. The van der Waals surface area contributed by atoms with Crippen molar-refractivity contribution in [2.24, 2.45) is 0 Å². The monoisotopic (exact) mass is 449 g/mol. The SMILES string of the molecule is COCCOc1ccccc1C(=O)NC(=S)Nc1ccc(NC(=O)c2ccccc2)cc1. The highest BCUT2D eigenvalue weighted by Crippen LogP contribution is 2.18. The molecule has 0 unspecified atom stereocenters. The van der Waals surface area contributed by atoms with Crippen molar-refractivity contribution >= 4 is 40.5 Å². The fraction of sp³-hybridized carbons (Fsp3) is 0.125. The molecule has 7 nitrogen and oxygen atoms in total. The highest BCUT2D eigenvalue weighted by Gasteiger charge is 2.14. The molecular weight excluding hydrogens is 426 g/mol. The summed E-state index contributed by atoms with van der Waals surface area (Å²) in [5, 5.41) is 8.57. The van der Waals surface area contributed by atoms with Gasteiger partial charge in [0.15, 0.2) is 5.11 Å². The number of ether oxygens (including phenoxy) is 2. The van der Waals surface area contributed by atoms with Crippen molar-refractivity contribution in [3.05, 3.63) is 90.0 Å². The van der Waals surface area contributed by atoms with Crippen LogP contribution in [-0.2, 0) is 4.74 Å². The Morgan fingerprint density at radius 2 is 1.41 bits per heavy atom.